The number of carbonyl (C=O) groups is 1. The van der Waals surface area contributed by atoms with Crippen LogP contribution in [0.2, 0.25) is 0 Å². The molecule has 1 unspecified atom stereocenters. The summed E-state index contributed by atoms with van der Waals surface area (Å²) in [6.45, 7) is 2.73. The smallest absolute Gasteiger partial charge is 0.244 e. The number of amides is 1. The van der Waals surface area contributed by atoms with E-state index in [1.807, 2.05) is 36.3 Å². The third kappa shape index (κ3) is 3.15. The maximum atomic E-state index is 12.9. The largest absolute Gasteiger partial charge is 0.392 e. The van der Waals surface area contributed by atoms with Gasteiger partial charge in [0.15, 0.2) is 0 Å². The van der Waals surface area contributed by atoms with Gasteiger partial charge in [0.05, 0.1) is 24.5 Å². The lowest BCUT2D eigenvalue weighted by Gasteiger charge is -2.35. The number of aliphatic hydroxyl groups is 1. The number of piperidine rings is 1. The molecule has 1 atom stereocenters. The Hall–Kier alpha value is -2.18. The van der Waals surface area contributed by atoms with Crippen LogP contribution in [0.1, 0.15) is 36.3 Å². The van der Waals surface area contributed by atoms with Gasteiger partial charge in [0.25, 0.3) is 0 Å². The standard InChI is InChI=1S/C20H26N4O2/c1-22-13-17(12-21-22)24-11-8-19(20(24)26)23-9-6-15(7-10-23)18-5-3-2-4-16(18)14-25/h2-5,12-13,15,19,25H,6-11,14H2,1H3. The van der Waals surface area contributed by atoms with E-state index in [-0.39, 0.29) is 18.6 Å². The molecule has 138 valence electrons. The lowest BCUT2D eigenvalue weighted by atomic mass is 9.86. The quantitative estimate of drug-likeness (QED) is 0.911. The molecule has 4 rings (SSSR count). The van der Waals surface area contributed by atoms with Gasteiger partial charge in [-0.05, 0) is 49.4 Å². The van der Waals surface area contributed by atoms with Crippen LogP contribution in [-0.4, -0.2) is 51.4 Å². The highest BCUT2D eigenvalue weighted by atomic mass is 16.3. The molecule has 6 heteroatoms. The molecule has 6 nitrogen and oxygen atoms in total. The zero-order valence-electron chi connectivity index (χ0n) is 15.2. The first-order chi connectivity index (χ1) is 12.7. The first-order valence-corrected chi connectivity index (χ1v) is 9.40. The van der Waals surface area contributed by atoms with Crippen molar-refractivity contribution in [3.63, 3.8) is 0 Å². The first kappa shape index (κ1) is 17.2. The zero-order valence-corrected chi connectivity index (χ0v) is 15.2. The second kappa shape index (κ2) is 7.21. The minimum absolute atomic E-state index is 0.00996. The van der Waals surface area contributed by atoms with Gasteiger partial charge >= 0.3 is 0 Å². The Kier molecular flexibility index (Phi) is 4.78. The zero-order chi connectivity index (χ0) is 18.1. The number of anilines is 1. The molecule has 1 aromatic heterocycles. The molecule has 0 aliphatic carbocycles. The molecule has 0 radical (unpaired) electrons. The number of aryl methyl sites for hydroxylation is 1. The predicted octanol–water partition coefficient (Wildman–Crippen LogP) is 1.90. The molecule has 26 heavy (non-hydrogen) atoms. The topological polar surface area (TPSA) is 61.6 Å². The fourth-order valence-electron chi connectivity index (χ4n) is 4.41. The Bertz CT molecular complexity index is 780. The van der Waals surface area contributed by atoms with Crippen molar-refractivity contribution < 1.29 is 9.90 Å². The number of hydrogen-bond acceptors (Lipinski definition) is 4. The van der Waals surface area contributed by atoms with Gasteiger partial charge in [-0.15, -0.1) is 0 Å². The van der Waals surface area contributed by atoms with Crippen LogP contribution in [-0.2, 0) is 18.4 Å². The SMILES string of the molecule is Cn1cc(N2CCC(N3CCC(c4ccccc4CO)CC3)C2=O)cn1. The van der Waals surface area contributed by atoms with Crippen LogP contribution in [0.5, 0.6) is 0 Å². The highest BCUT2D eigenvalue weighted by Crippen LogP contribution is 2.33. The number of aliphatic hydroxyl groups excluding tert-OH is 1. The van der Waals surface area contributed by atoms with Gasteiger partial charge in [0.2, 0.25) is 5.91 Å². The molecule has 2 fully saturated rings. The van der Waals surface area contributed by atoms with Crippen LogP contribution in [0.25, 0.3) is 0 Å². The normalized spacial score (nSPS) is 22.3. The monoisotopic (exact) mass is 354 g/mol. The number of rotatable bonds is 4. The average molecular weight is 354 g/mol. The molecule has 1 aromatic carbocycles. The van der Waals surface area contributed by atoms with E-state index in [2.05, 4.69) is 16.1 Å². The molecule has 2 aliphatic heterocycles. The van der Waals surface area contributed by atoms with Gasteiger partial charge in [-0.1, -0.05) is 24.3 Å². The van der Waals surface area contributed by atoms with Crippen molar-refractivity contribution >= 4 is 11.6 Å². The maximum absolute atomic E-state index is 12.9. The number of carbonyl (C=O) groups excluding carboxylic acids is 1. The highest BCUT2D eigenvalue weighted by Gasteiger charge is 2.38. The molecular weight excluding hydrogens is 328 g/mol. The van der Waals surface area contributed by atoms with Crippen LogP contribution in [0.3, 0.4) is 0 Å². The highest BCUT2D eigenvalue weighted by molar-refractivity contribution is 5.99. The molecule has 1 N–H and O–H groups in total. The van der Waals surface area contributed by atoms with E-state index >= 15 is 0 Å². The van der Waals surface area contributed by atoms with Gasteiger partial charge in [0.1, 0.15) is 0 Å². The van der Waals surface area contributed by atoms with Crippen molar-refractivity contribution in [2.24, 2.45) is 7.05 Å². The number of hydrogen-bond donors (Lipinski definition) is 1. The van der Waals surface area contributed by atoms with Crippen LogP contribution < -0.4 is 4.90 Å². The van der Waals surface area contributed by atoms with Gasteiger partial charge < -0.3 is 10.0 Å². The van der Waals surface area contributed by atoms with Crippen molar-refractivity contribution in [3.05, 3.63) is 47.8 Å². The van der Waals surface area contributed by atoms with Crippen molar-refractivity contribution in [1.29, 1.82) is 0 Å². The summed E-state index contributed by atoms with van der Waals surface area (Å²) >= 11 is 0. The molecule has 2 aromatic rings. The van der Waals surface area contributed by atoms with E-state index in [0.29, 0.717) is 5.92 Å². The van der Waals surface area contributed by atoms with E-state index in [4.69, 9.17) is 0 Å². The first-order valence-electron chi connectivity index (χ1n) is 9.40. The van der Waals surface area contributed by atoms with E-state index in [1.54, 1.807) is 10.9 Å². The minimum Gasteiger partial charge on any atom is -0.392 e. The molecule has 2 aliphatic rings. The summed E-state index contributed by atoms with van der Waals surface area (Å²) in [6.07, 6.45) is 6.61. The van der Waals surface area contributed by atoms with Crippen LogP contribution in [0, 0.1) is 0 Å². The average Bonchev–Trinajstić information content (AvgIpc) is 3.27. The molecule has 0 saturated carbocycles. The van der Waals surface area contributed by atoms with Gasteiger partial charge in [-0.3, -0.25) is 14.4 Å². The molecule has 2 saturated heterocycles. The Morgan fingerprint density at radius 3 is 2.62 bits per heavy atom. The summed E-state index contributed by atoms with van der Waals surface area (Å²) in [6, 6.07) is 8.16. The van der Waals surface area contributed by atoms with Crippen molar-refractivity contribution in [2.75, 3.05) is 24.5 Å². The third-order valence-electron chi connectivity index (χ3n) is 5.82. The van der Waals surface area contributed by atoms with Crippen molar-refractivity contribution in [2.45, 2.75) is 37.8 Å². The van der Waals surface area contributed by atoms with Crippen LogP contribution in [0.15, 0.2) is 36.7 Å². The summed E-state index contributed by atoms with van der Waals surface area (Å²) in [4.78, 5) is 17.1. The lowest BCUT2D eigenvalue weighted by Crippen LogP contribution is -2.45. The van der Waals surface area contributed by atoms with Gasteiger partial charge in [-0.2, -0.15) is 5.10 Å². The molecular formula is C20H26N4O2. The Morgan fingerprint density at radius 2 is 1.92 bits per heavy atom. The molecule has 0 bridgehead atoms. The number of aromatic nitrogens is 2. The maximum Gasteiger partial charge on any atom is 0.244 e. The lowest BCUT2D eigenvalue weighted by molar-refractivity contribution is -0.122. The van der Waals surface area contributed by atoms with E-state index in [0.717, 1.165) is 50.1 Å². The van der Waals surface area contributed by atoms with Crippen molar-refractivity contribution in [3.8, 4) is 0 Å². The van der Waals surface area contributed by atoms with Gasteiger partial charge in [0, 0.05) is 19.8 Å². The number of likely N-dealkylation sites (tertiary alicyclic amines) is 1. The minimum atomic E-state index is -0.00996. The van der Waals surface area contributed by atoms with E-state index in [9.17, 15) is 9.90 Å². The Morgan fingerprint density at radius 1 is 1.15 bits per heavy atom. The summed E-state index contributed by atoms with van der Waals surface area (Å²) in [5.41, 5.74) is 3.20. The molecule has 0 spiro atoms. The fraction of sp³-hybridized carbons (Fsp3) is 0.500. The third-order valence-corrected chi connectivity index (χ3v) is 5.82. The Labute approximate surface area is 154 Å². The summed E-state index contributed by atoms with van der Waals surface area (Å²) < 4.78 is 1.74. The second-order valence-corrected chi connectivity index (χ2v) is 7.33. The van der Waals surface area contributed by atoms with Crippen molar-refractivity contribution in [1.82, 2.24) is 14.7 Å². The second-order valence-electron chi connectivity index (χ2n) is 7.33. The molecule has 3 heterocycles. The number of nitrogens with zero attached hydrogens (tertiary/aromatic N) is 4. The van der Waals surface area contributed by atoms with Gasteiger partial charge in [-0.25, -0.2) is 0 Å². The predicted molar refractivity (Wildman–Crippen MR) is 99.9 cm³/mol. The number of benzene rings is 1. The summed E-state index contributed by atoms with van der Waals surface area (Å²) in [7, 11) is 1.87. The Balaban J connectivity index is 1.40. The van der Waals surface area contributed by atoms with E-state index in [1.165, 1.54) is 5.56 Å². The summed E-state index contributed by atoms with van der Waals surface area (Å²) in [5, 5.41) is 13.8. The van der Waals surface area contributed by atoms with E-state index < -0.39 is 0 Å². The molecule has 1 amide bonds. The fourth-order valence-corrected chi connectivity index (χ4v) is 4.41. The van der Waals surface area contributed by atoms with Crippen LogP contribution in [0.4, 0.5) is 5.69 Å². The van der Waals surface area contributed by atoms with Crippen LogP contribution >= 0.6 is 0 Å². The summed E-state index contributed by atoms with van der Waals surface area (Å²) in [5.74, 6) is 0.674.